The van der Waals surface area contributed by atoms with Gasteiger partial charge in [-0.3, -0.25) is 9.20 Å². The topological polar surface area (TPSA) is 90.0 Å². The van der Waals surface area contributed by atoms with Gasteiger partial charge in [-0.1, -0.05) is 0 Å². The molecule has 0 unspecified atom stereocenters. The van der Waals surface area contributed by atoms with Crippen molar-refractivity contribution in [3.63, 3.8) is 0 Å². The van der Waals surface area contributed by atoms with Crippen molar-refractivity contribution in [1.29, 1.82) is 0 Å². The molecule has 0 aliphatic carbocycles. The standard InChI is InChI=1S/C23H23N5O3S/c1-4-31-22(30)17-5-7-20(8-6-17)28-15(2)11-18(16(28)3)13-24-26-21(29)12-19-14-27-9-10-32-23(27)25-19/h5-11,13-14H,4,12H2,1-3H3,(H,26,29)/b24-13+. The van der Waals surface area contributed by atoms with Crippen molar-refractivity contribution in [3.05, 3.63) is 76.3 Å². The number of carbonyl (C=O) groups is 2. The van der Waals surface area contributed by atoms with E-state index in [9.17, 15) is 9.59 Å². The van der Waals surface area contributed by atoms with E-state index in [2.05, 4.69) is 20.1 Å². The van der Waals surface area contributed by atoms with E-state index in [1.807, 2.05) is 54.2 Å². The summed E-state index contributed by atoms with van der Waals surface area (Å²) in [6.07, 6.45) is 5.55. The van der Waals surface area contributed by atoms with Gasteiger partial charge in [0.1, 0.15) is 0 Å². The zero-order valence-corrected chi connectivity index (χ0v) is 18.8. The van der Waals surface area contributed by atoms with E-state index in [4.69, 9.17) is 4.74 Å². The normalized spacial score (nSPS) is 11.3. The molecule has 164 valence electrons. The molecule has 4 rings (SSSR count). The van der Waals surface area contributed by atoms with Gasteiger partial charge in [0.15, 0.2) is 4.96 Å². The fourth-order valence-electron chi connectivity index (χ4n) is 3.52. The first kappa shape index (κ1) is 21.5. The second kappa shape index (κ2) is 9.19. The number of amides is 1. The highest BCUT2D eigenvalue weighted by molar-refractivity contribution is 7.15. The van der Waals surface area contributed by atoms with Crippen LogP contribution in [0.3, 0.4) is 0 Å². The number of nitrogens with one attached hydrogen (secondary N) is 1. The number of fused-ring (bicyclic) bond motifs is 1. The molecule has 4 aromatic rings. The Hall–Kier alpha value is -3.72. The van der Waals surface area contributed by atoms with Gasteiger partial charge in [-0.05, 0) is 51.1 Å². The van der Waals surface area contributed by atoms with Crippen molar-refractivity contribution in [1.82, 2.24) is 19.4 Å². The molecule has 0 saturated heterocycles. The van der Waals surface area contributed by atoms with Gasteiger partial charge in [-0.15, -0.1) is 11.3 Å². The van der Waals surface area contributed by atoms with Crippen LogP contribution in [0.5, 0.6) is 0 Å². The lowest BCUT2D eigenvalue weighted by Crippen LogP contribution is -2.20. The number of ether oxygens (including phenoxy) is 1. The number of aromatic nitrogens is 3. The van der Waals surface area contributed by atoms with Gasteiger partial charge in [0.25, 0.3) is 0 Å². The molecule has 0 aliphatic rings. The molecule has 0 fully saturated rings. The number of thiazole rings is 1. The van der Waals surface area contributed by atoms with E-state index in [1.165, 1.54) is 11.3 Å². The van der Waals surface area contributed by atoms with Crippen LogP contribution in [0.15, 0.2) is 53.2 Å². The number of aryl methyl sites for hydroxylation is 1. The summed E-state index contributed by atoms with van der Waals surface area (Å²) < 4.78 is 8.99. The van der Waals surface area contributed by atoms with E-state index in [0.29, 0.717) is 17.9 Å². The molecule has 0 aliphatic heterocycles. The lowest BCUT2D eigenvalue weighted by atomic mass is 10.2. The molecule has 8 nitrogen and oxygen atoms in total. The highest BCUT2D eigenvalue weighted by Gasteiger charge is 2.12. The van der Waals surface area contributed by atoms with Crippen LogP contribution in [0, 0.1) is 13.8 Å². The monoisotopic (exact) mass is 449 g/mol. The second-order valence-electron chi connectivity index (χ2n) is 7.22. The molecule has 1 N–H and O–H groups in total. The number of hydrazone groups is 1. The van der Waals surface area contributed by atoms with Crippen LogP contribution in [0.1, 0.15) is 39.9 Å². The van der Waals surface area contributed by atoms with E-state index in [-0.39, 0.29) is 18.3 Å². The maximum Gasteiger partial charge on any atom is 0.338 e. The van der Waals surface area contributed by atoms with Crippen LogP contribution in [-0.2, 0) is 16.0 Å². The number of esters is 1. The fraction of sp³-hybridized carbons (Fsp3) is 0.217. The Morgan fingerprint density at radius 2 is 2.03 bits per heavy atom. The van der Waals surface area contributed by atoms with Gasteiger partial charge < -0.3 is 9.30 Å². The molecule has 0 saturated carbocycles. The highest BCUT2D eigenvalue weighted by Crippen LogP contribution is 2.20. The summed E-state index contributed by atoms with van der Waals surface area (Å²) in [6.45, 7) is 6.10. The van der Waals surface area contributed by atoms with Crippen molar-refractivity contribution in [3.8, 4) is 5.69 Å². The third-order valence-corrected chi connectivity index (χ3v) is 5.76. The summed E-state index contributed by atoms with van der Waals surface area (Å²) in [4.78, 5) is 29.3. The average molecular weight is 450 g/mol. The number of carbonyl (C=O) groups excluding carboxylic acids is 2. The molecule has 1 amide bonds. The number of hydrogen-bond donors (Lipinski definition) is 1. The van der Waals surface area contributed by atoms with E-state index in [0.717, 1.165) is 27.6 Å². The third-order valence-electron chi connectivity index (χ3n) is 4.98. The maximum absolute atomic E-state index is 12.2. The van der Waals surface area contributed by atoms with Gasteiger partial charge in [0.05, 0.1) is 30.5 Å². The van der Waals surface area contributed by atoms with Crippen molar-refractivity contribution in [2.75, 3.05) is 6.61 Å². The third kappa shape index (κ3) is 4.47. The van der Waals surface area contributed by atoms with Crippen LogP contribution >= 0.6 is 11.3 Å². The molecular formula is C23H23N5O3S. The molecule has 1 aromatic carbocycles. The average Bonchev–Trinajstić information content (AvgIpc) is 3.42. The smallest absolute Gasteiger partial charge is 0.338 e. The summed E-state index contributed by atoms with van der Waals surface area (Å²) in [6, 6.07) is 9.25. The number of imidazole rings is 1. The predicted molar refractivity (Wildman–Crippen MR) is 124 cm³/mol. The molecule has 3 heterocycles. The van der Waals surface area contributed by atoms with Crippen LogP contribution in [-0.4, -0.2) is 38.6 Å². The van der Waals surface area contributed by atoms with Gasteiger partial charge in [-0.25, -0.2) is 15.2 Å². The Morgan fingerprint density at radius 1 is 1.25 bits per heavy atom. The Labute approximate surface area is 189 Å². The first-order valence-corrected chi connectivity index (χ1v) is 11.0. The number of nitrogens with zero attached hydrogens (tertiary/aromatic N) is 4. The molecule has 32 heavy (non-hydrogen) atoms. The van der Waals surface area contributed by atoms with Gasteiger partial charge in [-0.2, -0.15) is 5.10 Å². The minimum atomic E-state index is -0.334. The van der Waals surface area contributed by atoms with Crippen molar-refractivity contribution < 1.29 is 14.3 Å². The Morgan fingerprint density at radius 3 is 2.75 bits per heavy atom. The van der Waals surface area contributed by atoms with Crippen molar-refractivity contribution in [2.24, 2.45) is 5.10 Å². The Bertz CT molecular complexity index is 1270. The zero-order valence-electron chi connectivity index (χ0n) is 18.0. The maximum atomic E-state index is 12.2. The second-order valence-corrected chi connectivity index (χ2v) is 8.10. The van der Waals surface area contributed by atoms with Gasteiger partial charge in [0.2, 0.25) is 5.91 Å². The molecule has 3 aromatic heterocycles. The van der Waals surface area contributed by atoms with Gasteiger partial charge in [0, 0.05) is 40.4 Å². The Balaban J connectivity index is 1.43. The van der Waals surface area contributed by atoms with E-state index < -0.39 is 0 Å². The first-order chi connectivity index (χ1) is 15.5. The lowest BCUT2D eigenvalue weighted by molar-refractivity contribution is -0.120. The van der Waals surface area contributed by atoms with Crippen LogP contribution < -0.4 is 5.43 Å². The molecule has 9 heteroatoms. The summed E-state index contributed by atoms with van der Waals surface area (Å²) in [5.74, 6) is -0.561. The fourth-order valence-corrected chi connectivity index (χ4v) is 4.23. The SMILES string of the molecule is CCOC(=O)c1ccc(-n2c(C)cc(/C=N/NC(=O)Cc3cn4ccsc4n3)c2C)cc1. The molecule has 0 spiro atoms. The quantitative estimate of drug-likeness (QED) is 0.265. The van der Waals surface area contributed by atoms with E-state index >= 15 is 0 Å². The predicted octanol–water partition coefficient (Wildman–Crippen LogP) is 3.67. The lowest BCUT2D eigenvalue weighted by Gasteiger charge is -2.10. The molecule has 0 radical (unpaired) electrons. The minimum absolute atomic E-state index is 0.164. The summed E-state index contributed by atoms with van der Waals surface area (Å²) in [5.41, 5.74) is 7.58. The molecule has 0 atom stereocenters. The van der Waals surface area contributed by atoms with Crippen LogP contribution in [0.2, 0.25) is 0 Å². The number of hydrogen-bond acceptors (Lipinski definition) is 6. The molecular weight excluding hydrogens is 426 g/mol. The van der Waals surface area contributed by atoms with Crippen LogP contribution in [0.25, 0.3) is 10.6 Å². The van der Waals surface area contributed by atoms with Gasteiger partial charge >= 0.3 is 5.97 Å². The van der Waals surface area contributed by atoms with Crippen molar-refractivity contribution >= 4 is 34.4 Å². The number of rotatable bonds is 7. The first-order valence-electron chi connectivity index (χ1n) is 10.2. The summed E-state index contributed by atoms with van der Waals surface area (Å²) >= 11 is 1.52. The summed E-state index contributed by atoms with van der Waals surface area (Å²) in [5, 5.41) is 6.06. The van der Waals surface area contributed by atoms with E-state index in [1.54, 1.807) is 25.3 Å². The molecule has 0 bridgehead atoms. The van der Waals surface area contributed by atoms with Crippen LogP contribution in [0.4, 0.5) is 0 Å². The zero-order chi connectivity index (χ0) is 22.7. The summed E-state index contributed by atoms with van der Waals surface area (Å²) in [7, 11) is 0. The minimum Gasteiger partial charge on any atom is -0.462 e. The highest BCUT2D eigenvalue weighted by atomic mass is 32.1. The number of benzene rings is 1. The largest absolute Gasteiger partial charge is 0.462 e. The Kier molecular flexibility index (Phi) is 6.18. The van der Waals surface area contributed by atoms with Crippen molar-refractivity contribution in [2.45, 2.75) is 27.2 Å².